The van der Waals surface area contributed by atoms with Crippen LogP contribution in [0, 0.1) is 6.92 Å². The maximum Gasteiger partial charge on any atom is 0.223 e. The third-order valence-electron chi connectivity index (χ3n) is 5.47. The molecule has 0 atom stereocenters. The van der Waals surface area contributed by atoms with Gasteiger partial charge in [0.15, 0.2) is 0 Å². The molecule has 0 unspecified atom stereocenters. The summed E-state index contributed by atoms with van der Waals surface area (Å²) in [4.78, 5) is 13.6. The van der Waals surface area contributed by atoms with E-state index in [0.29, 0.717) is 6.04 Å². The summed E-state index contributed by atoms with van der Waals surface area (Å²) in [5.74, 6) is 1.57. The van der Waals surface area contributed by atoms with Gasteiger partial charge in [-0.2, -0.15) is 0 Å². The summed E-state index contributed by atoms with van der Waals surface area (Å²) in [6.07, 6.45) is 8.14. The Hall–Kier alpha value is -2.89. The highest BCUT2D eigenvalue weighted by Crippen LogP contribution is 2.33. The molecule has 4 rings (SSSR count). The van der Waals surface area contributed by atoms with Crippen molar-refractivity contribution in [2.75, 3.05) is 11.1 Å². The fourth-order valence-electron chi connectivity index (χ4n) is 4.07. The van der Waals surface area contributed by atoms with E-state index in [0.717, 1.165) is 78.2 Å². The third-order valence-corrected chi connectivity index (χ3v) is 5.47. The van der Waals surface area contributed by atoms with E-state index in [1.54, 1.807) is 0 Å². The number of nitrogens with zero attached hydrogens (tertiary/aromatic N) is 3. The molecule has 1 aliphatic rings. The zero-order valence-corrected chi connectivity index (χ0v) is 17.2. The Morgan fingerprint density at radius 2 is 1.97 bits per heavy atom. The summed E-state index contributed by atoms with van der Waals surface area (Å²) >= 11 is 0. The maximum absolute atomic E-state index is 6.36. The number of hydrogen-bond donors (Lipinski definition) is 2. The van der Waals surface area contributed by atoms with Gasteiger partial charge in [-0.3, -0.25) is 4.98 Å². The van der Waals surface area contributed by atoms with Crippen LogP contribution in [-0.4, -0.2) is 27.1 Å². The van der Waals surface area contributed by atoms with Gasteiger partial charge in [-0.25, -0.2) is 9.97 Å². The van der Waals surface area contributed by atoms with Crippen LogP contribution in [0.15, 0.2) is 36.5 Å². The molecule has 152 valence electrons. The number of nitrogens with one attached hydrogen (secondary N) is 1. The van der Waals surface area contributed by atoms with Crippen LogP contribution in [0.4, 0.5) is 11.6 Å². The van der Waals surface area contributed by atoms with Crippen LogP contribution in [0.25, 0.3) is 10.9 Å². The number of pyridine rings is 1. The molecule has 1 fully saturated rings. The Morgan fingerprint density at radius 1 is 1.14 bits per heavy atom. The lowest BCUT2D eigenvalue weighted by Crippen LogP contribution is -2.31. The molecule has 0 bridgehead atoms. The second kappa shape index (κ2) is 8.64. The number of nitrogen functional groups attached to an aromatic ring is 1. The summed E-state index contributed by atoms with van der Waals surface area (Å²) in [6.45, 7) is 4.12. The predicted molar refractivity (Wildman–Crippen MR) is 117 cm³/mol. The molecule has 0 amide bonds. The number of rotatable bonds is 6. The lowest BCUT2D eigenvalue weighted by molar-refractivity contribution is 0.152. The molecule has 6 nitrogen and oxygen atoms in total. The van der Waals surface area contributed by atoms with Crippen LogP contribution in [0.1, 0.15) is 50.4 Å². The molecular formula is C23H29N5O. The Labute approximate surface area is 171 Å². The zero-order valence-electron chi connectivity index (χ0n) is 17.2. The molecule has 1 saturated carbocycles. The van der Waals surface area contributed by atoms with Crippen molar-refractivity contribution in [3.8, 4) is 5.75 Å². The molecule has 0 aliphatic heterocycles. The van der Waals surface area contributed by atoms with E-state index in [1.807, 2.05) is 43.5 Å². The van der Waals surface area contributed by atoms with Gasteiger partial charge < -0.3 is 15.8 Å². The van der Waals surface area contributed by atoms with E-state index in [1.165, 1.54) is 0 Å². The van der Waals surface area contributed by atoms with Crippen molar-refractivity contribution in [2.45, 2.75) is 64.5 Å². The van der Waals surface area contributed by atoms with Gasteiger partial charge >= 0.3 is 0 Å². The van der Waals surface area contributed by atoms with Gasteiger partial charge in [0.05, 0.1) is 17.0 Å². The topological polar surface area (TPSA) is 86.0 Å². The van der Waals surface area contributed by atoms with Crippen molar-refractivity contribution in [2.24, 2.45) is 0 Å². The van der Waals surface area contributed by atoms with Crippen LogP contribution in [0.3, 0.4) is 0 Å². The quantitative estimate of drug-likeness (QED) is 0.635. The first-order valence-electron chi connectivity index (χ1n) is 10.5. The van der Waals surface area contributed by atoms with Gasteiger partial charge in [-0.15, -0.1) is 0 Å². The third kappa shape index (κ3) is 4.58. The van der Waals surface area contributed by atoms with Crippen molar-refractivity contribution in [1.29, 1.82) is 0 Å². The highest BCUT2D eigenvalue weighted by molar-refractivity contribution is 5.95. The van der Waals surface area contributed by atoms with Gasteiger partial charge in [0.2, 0.25) is 5.95 Å². The SMILES string of the molecule is CCCc1ccnc(N[C@H]2CC[C@H](Oc3cccc4nc(C)cc(N)c34)CC2)n1. The molecule has 1 aliphatic carbocycles. The van der Waals surface area contributed by atoms with Crippen molar-refractivity contribution < 1.29 is 4.74 Å². The Balaban J connectivity index is 1.38. The average molecular weight is 392 g/mol. The first-order chi connectivity index (χ1) is 14.1. The summed E-state index contributed by atoms with van der Waals surface area (Å²) < 4.78 is 6.36. The highest BCUT2D eigenvalue weighted by Gasteiger charge is 2.24. The molecule has 3 aromatic rings. The van der Waals surface area contributed by atoms with Crippen molar-refractivity contribution in [1.82, 2.24) is 15.0 Å². The van der Waals surface area contributed by atoms with E-state index in [4.69, 9.17) is 10.5 Å². The molecule has 2 aromatic heterocycles. The van der Waals surface area contributed by atoms with Crippen molar-refractivity contribution in [3.63, 3.8) is 0 Å². The Morgan fingerprint density at radius 3 is 2.76 bits per heavy atom. The van der Waals surface area contributed by atoms with E-state index >= 15 is 0 Å². The predicted octanol–water partition coefficient (Wildman–Crippen LogP) is 4.67. The van der Waals surface area contributed by atoms with Crippen molar-refractivity contribution in [3.05, 3.63) is 47.9 Å². The number of nitrogens with two attached hydrogens (primary N) is 1. The van der Waals surface area contributed by atoms with Crippen LogP contribution >= 0.6 is 0 Å². The lowest BCUT2D eigenvalue weighted by Gasteiger charge is -2.30. The van der Waals surface area contributed by atoms with Crippen LogP contribution in [0.5, 0.6) is 5.75 Å². The number of benzene rings is 1. The first kappa shape index (κ1) is 19.4. The van der Waals surface area contributed by atoms with Gasteiger partial charge in [0, 0.05) is 29.3 Å². The van der Waals surface area contributed by atoms with E-state index in [-0.39, 0.29) is 6.10 Å². The average Bonchev–Trinajstić information content (AvgIpc) is 2.70. The largest absolute Gasteiger partial charge is 0.490 e. The highest BCUT2D eigenvalue weighted by atomic mass is 16.5. The number of anilines is 2. The minimum Gasteiger partial charge on any atom is -0.490 e. The minimum atomic E-state index is 0.187. The summed E-state index contributed by atoms with van der Waals surface area (Å²) in [6, 6.07) is 10.2. The Bertz CT molecular complexity index is 982. The van der Waals surface area contributed by atoms with Crippen LogP contribution in [-0.2, 0) is 6.42 Å². The molecule has 3 N–H and O–H groups in total. The van der Waals surface area contributed by atoms with Gasteiger partial charge in [0.25, 0.3) is 0 Å². The number of fused-ring (bicyclic) bond motifs is 1. The smallest absolute Gasteiger partial charge is 0.223 e. The van der Waals surface area contributed by atoms with Gasteiger partial charge in [-0.1, -0.05) is 19.4 Å². The second-order valence-electron chi connectivity index (χ2n) is 7.86. The summed E-state index contributed by atoms with van der Waals surface area (Å²) in [5.41, 5.74) is 9.89. The van der Waals surface area contributed by atoms with Crippen LogP contribution in [0.2, 0.25) is 0 Å². The number of aryl methyl sites for hydroxylation is 2. The maximum atomic E-state index is 6.36. The number of ether oxygens (including phenoxy) is 1. The second-order valence-corrected chi connectivity index (χ2v) is 7.86. The van der Waals surface area contributed by atoms with E-state index < -0.39 is 0 Å². The van der Waals surface area contributed by atoms with E-state index in [2.05, 4.69) is 27.2 Å². The summed E-state index contributed by atoms with van der Waals surface area (Å²) in [5, 5.41) is 4.42. The normalized spacial score (nSPS) is 19.2. The molecule has 0 saturated heterocycles. The Kier molecular flexibility index (Phi) is 5.79. The zero-order chi connectivity index (χ0) is 20.2. The van der Waals surface area contributed by atoms with Gasteiger partial charge in [0.1, 0.15) is 5.75 Å². The van der Waals surface area contributed by atoms with Gasteiger partial charge in [-0.05, 0) is 63.3 Å². The molecule has 29 heavy (non-hydrogen) atoms. The van der Waals surface area contributed by atoms with Crippen LogP contribution < -0.4 is 15.8 Å². The fourth-order valence-corrected chi connectivity index (χ4v) is 4.07. The standard InChI is InChI=1S/C23H29N5O/c1-3-5-16-12-13-25-23(27-16)28-17-8-10-18(11-9-17)29-21-7-4-6-20-22(21)19(24)14-15(2)26-20/h4,6-7,12-14,17-18H,3,5,8-11H2,1-2H3,(H2,24,26)(H,25,27,28)/t17-,18-. The van der Waals surface area contributed by atoms with Crippen molar-refractivity contribution >= 4 is 22.5 Å². The number of hydrogen-bond acceptors (Lipinski definition) is 6. The minimum absolute atomic E-state index is 0.187. The molecular weight excluding hydrogens is 362 g/mol. The summed E-state index contributed by atoms with van der Waals surface area (Å²) in [7, 11) is 0. The molecule has 0 spiro atoms. The molecule has 2 heterocycles. The van der Waals surface area contributed by atoms with E-state index in [9.17, 15) is 0 Å². The molecule has 6 heteroatoms. The molecule has 0 radical (unpaired) electrons. The molecule has 1 aromatic carbocycles. The first-order valence-corrected chi connectivity index (χ1v) is 10.5. The lowest BCUT2D eigenvalue weighted by atomic mass is 9.93. The monoisotopic (exact) mass is 391 g/mol. The fraction of sp³-hybridized carbons (Fsp3) is 0.435. The number of aromatic nitrogens is 3.